The highest BCUT2D eigenvalue weighted by Gasteiger charge is 2.12. The summed E-state index contributed by atoms with van der Waals surface area (Å²) in [5, 5.41) is 2.92. The van der Waals surface area contributed by atoms with Gasteiger partial charge in [-0.2, -0.15) is 0 Å². The summed E-state index contributed by atoms with van der Waals surface area (Å²) < 4.78 is 0.721. The number of thiophene rings is 1. The van der Waals surface area contributed by atoms with Gasteiger partial charge in [-0.3, -0.25) is 4.79 Å². The molecule has 2 aromatic rings. The van der Waals surface area contributed by atoms with E-state index < -0.39 is 0 Å². The van der Waals surface area contributed by atoms with Crippen molar-refractivity contribution in [3.8, 4) is 0 Å². The molecule has 0 saturated heterocycles. The fraction of sp³-hybridized carbons (Fsp3) is 0.154. The van der Waals surface area contributed by atoms with Crippen LogP contribution >= 0.6 is 22.9 Å². The molecule has 1 aromatic heterocycles. The molecule has 3 N–H and O–H groups in total. The highest BCUT2D eigenvalue weighted by molar-refractivity contribution is 7.16. The highest BCUT2D eigenvalue weighted by Crippen LogP contribution is 2.26. The summed E-state index contributed by atoms with van der Waals surface area (Å²) >= 11 is 7.33. The summed E-state index contributed by atoms with van der Waals surface area (Å²) in [6.07, 6.45) is 0. The summed E-state index contributed by atoms with van der Waals surface area (Å²) in [5.74, 6) is -0.118. The first-order chi connectivity index (χ1) is 8.56. The average Bonchev–Trinajstić information content (AvgIpc) is 2.76. The van der Waals surface area contributed by atoms with Gasteiger partial charge in [-0.15, -0.1) is 11.3 Å². The molecule has 18 heavy (non-hydrogen) atoms. The SMILES string of the molecule is CC(NC(=O)c1ccc(N)cc1)c1ccc(Cl)s1. The number of hydrogen-bond donors (Lipinski definition) is 2. The lowest BCUT2D eigenvalue weighted by Crippen LogP contribution is -2.26. The molecule has 2 rings (SSSR count). The predicted octanol–water partition coefficient (Wildman–Crippen LogP) is 3.47. The van der Waals surface area contributed by atoms with Gasteiger partial charge in [-0.1, -0.05) is 11.6 Å². The Hall–Kier alpha value is -1.52. The molecule has 1 aromatic carbocycles. The number of carbonyl (C=O) groups is 1. The molecule has 1 amide bonds. The molecule has 0 aliphatic rings. The minimum atomic E-state index is -0.118. The maximum atomic E-state index is 12.0. The van der Waals surface area contributed by atoms with E-state index in [2.05, 4.69) is 5.32 Å². The van der Waals surface area contributed by atoms with Crippen LogP contribution in [0.5, 0.6) is 0 Å². The van der Waals surface area contributed by atoms with Crippen molar-refractivity contribution in [1.29, 1.82) is 0 Å². The van der Waals surface area contributed by atoms with Crippen LogP contribution in [0.15, 0.2) is 36.4 Å². The van der Waals surface area contributed by atoms with Gasteiger partial charge >= 0.3 is 0 Å². The zero-order valence-electron chi connectivity index (χ0n) is 9.81. The molecular formula is C13H13ClN2OS. The molecule has 94 valence electrons. The van der Waals surface area contributed by atoms with Gasteiger partial charge in [0.2, 0.25) is 0 Å². The Morgan fingerprint density at radius 2 is 1.94 bits per heavy atom. The number of hydrogen-bond acceptors (Lipinski definition) is 3. The van der Waals surface area contributed by atoms with Crippen molar-refractivity contribution in [1.82, 2.24) is 5.32 Å². The van der Waals surface area contributed by atoms with Crippen molar-refractivity contribution >= 4 is 34.5 Å². The van der Waals surface area contributed by atoms with Crippen molar-refractivity contribution in [2.24, 2.45) is 0 Å². The second-order valence-corrected chi connectivity index (χ2v) is 5.71. The smallest absolute Gasteiger partial charge is 0.251 e. The summed E-state index contributed by atoms with van der Waals surface area (Å²) in [5.41, 5.74) is 6.82. The zero-order chi connectivity index (χ0) is 13.1. The fourth-order valence-electron chi connectivity index (χ4n) is 1.55. The van der Waals surface area contributed by atoms with Crippen molar-refractivity contribution in [2.75, 3.05) is 5.73 Å². The van der Waals surface area contributed by atoms with Gasteiger partial charge in [0, 0.05) is 16.1 Å². The summed E-state index contributed by atoms with van der Waals surface area (Å²) in [6, 6.07) is 10.5. The van der Waals surface area contributed by atoms with E-state index >= 15 is 0 Å². The normalized spacial score (nSPS) is 12.1. The van der Waals surface area contributed by atoms with Crippen LogP contribution in [0.1, 0.15) is 28.2 Å². The summed E-state index contributed by atoms with van der Waals surface area (Å²) in [6.45, 7) is 1.93. The van der Waals surface area contributed by atoms with Gasteiger partial charge in [0.05, 0.1) is 10.4 Å². The topological polar surface area (TPSA) is 55.1 Å². The average molecular weight is 281 g/mol. The molecule has 0 spiro atoms. The standard InChI is InChI=1S/C13H13ClN2OS/c1-8(11-6-7-12(14)18-11)16-13(17)9-2-4-10(15)5-3-9/h2-8H,15H2,1H3,(H,16,17). The molecule has 1 atom stereocenters. The van der Waals surface area contributed by atoms with E-state index in [0.717, 1.165) is 9.21 Å². The Morgan fingerprint density at radius 1 is 1.28 bits per heavy atom. The number of nitrogen functional groups attached to an aromatic ring is 1. The molecule has 0 radical (unpaired) electrons. The van der Waals surface area contributed by atoms with Gasteiger partial charge in [0.1, 0.15) is 0 Å². The molecule has 0 aliphatic carbocycles. The van der Waals surface area contributed by atoms with Gasteiger partial charge in [-0.25, -0.2) is 0 Å². The number of amides is 1. The van der Waals surface area contributed by atoms with Crippen LogP contribution in [-0.4, -0.2) is 5.91 Å². The largest absolute Gasteiger partial charge is 0.399 e. The van der Waals surface area contributed by atoms with Crippen molar-refractivity contribution in [3.05, 3.63) is 51.2 Å². The first kappa shape index (κ1) is 12.9. The third kappa shape index (κ3) is 3.03. The molecule has 0 fully saturated rings. The lowest BCUT2D eigenvalue weighted by Gasteiger charge is -2.12. The van der Waals surface area contributed by atoms with Crippen LogP contribution in [0.25, 0.3) is 0 Å². The fourth-order valence-corrected chi connectivity index (χ4v) is 2.61. The van der Waals surface area contributed by atoms with Crippen molar-refractivity contribution in [2.45, 2.75) is 13.0 Å². The Labute approximate surface area is 115 Å². The van der Waals surface area contributed by atoms with Crippen molar-refractivity contribution < 1.29 is 4.79 Å². The van der Waals surface area contributed by atoms with Gasteiger partial charge in [-0.05, 0) is 43.3 Å². The molecule has 0 bridgehead atoms. The van der Waals surface area contributed by atoms with Crippen LogP contribution in [0.3, 0.4) is 0 Å². The van der Waals surface area contributed by atoms with Gasteiger partial charge in [0.15, 0.2) is 0 Å². The van der Waals surface area contributed by atoms with E-state index in [1.54, 1.807) is 24.3 Å². The van der Waals surface area contributed by atoms with E-state index in [-0.39, 0.29) is 11.9 Å². The van der Waals surface area contributed by atoms with E-state index in [9.17, 15) is 4.79 Å². The minimum absolute atomic E-state index is 0.0625. The Bertz CT molecular complexity index is 550. The molecule has 3 nitrogen and oxygen atoms in total. The molecule has 0 saturated carbocycles. The quantitative estimate of drug-likeness (QED) is 0.846. The number of benzene rings is 1. The van der Waals surface area contributed by atoms with Gasteiger partial charge in [0.25, 0.3) is 5.91 Å². The van der Waals surface area contributed by atoms with Crippen LogP contribution in [0, 0.1) is 0 Å². The van der Waals surface area contributed by atoms with E-state index in [0.29, 0.717) is 11.3 Å². The van der Waals surface area contributed by atoms with E-state index in [1.165, 1.54) is 11.3 Å². The first-order valence-corrected chi connectivity index (χ1v) is 6.67. The Balaban J connectivity index is 2.05. The second-order valence-electron chi connectivity index (χ2n) is 3.96. The Morgan fingerprint density at radius 3 is 2.50 bits per heavy atom. The van der Waals surface area contributed by atoms with E-state index in [1.807, 2.05) is 19.1 Å². The van der Waals surface area contributed by atoms with Crippen LogP contribution < -0.4 is 11.1 Å². The molecule has 1 heterocycles. The lowest BCUT2D eigenvalue weighted by molar-refractivity contribution is 0.0940. The molecule has 0 aliphatic heterocycles. The number of rotatable bonds is 3. The molecule has 1 unspecified atom stereocenters. The summed E-state index contributed by atoms with van der Waals surface area (Å²) in [4.78, 5) is 13.0. The maximum absolute atomic E-state index is 12.0. The first-order valence-electron chi connectivity index (χ1n) is 5.48. The molecular weight excluding hydrogens is 268 g/mol. The number of halogens is 1. The third-order valence-electron chi connectivity index (χ3n) is 2.54. The van der Waals surface area contributed by atoms with E-state index in [4.69, 9.17) is 17.3 Å². The van der Waals surface area contributed by atoms with Crippen molar-refractivity contribution in [3.63, 3.8) is 0 Å². The number of carbonyl (C=O) groups excluding carboxylic acids is 1. The van der Waals surface area contributed by atoms with Crippen LogP contribution in [-0.2, 0) is 0 Å². The third-order valence-corrected chi connectivity index (χ3v) is 3.96. The zero-order valence-corrected chi connectivity index (χ0v) is 11.4. The minimum Gasteiger partial charge on any atom is -0.399 e. The number of anilines is 1. The number of nitrogens with two attached hydrogens (primary N) is 1. The number of nitrogens with one attached hydrogen (secondary N) is 1. The Kier molecular flexibility index (Phi) is 3.89. The summed E-state index contributed by atoms with van der Waals surface area (Å²) in [7, 11) is 0. The van der Waals surface area contributed by atoms with Crippen LogP contribution in [0.4, 0.5) is 5.69 Å². The molecule has 5 heteroatoms. The lowest BCUT2D eigenvalue weighted by atomic mass is 10.2. The van der Waals surface area contributed by atoms with Crippen LogP contribution in [0.2, 0.25) is 4.34 Å². The highest BCUT2D eigenvalue weighted by atomic mass is 35.5. The maximum Gasteiger partial charge on any atom is 0.251 e. The predicted molar refractivity (Wildman–Crippen MR) is 76.1 cm³/mol. The van der Waals surface area contributed by atoms with Gasteiger partial charge < -0.3 is 11.1 Å². The monoisotopic (exact) mass is 280 g/mol. The second kappa shape index (κ2) is 5.42.